The second-order valence-electron chi connectivity index (χ2n) is 12.6. The van der Waals surface area contributed by atoms with Gasteiger partial charge in [0.25, 0.3) is 0 Å². The highest BCUT2D eigenvalue weighted by molar-refractivity contribution is 7.99. The molecule has 2 saturated heterocycles. The lowest BCUT2D eigenvalue weighted by Crippen LogP contribution is -2.32. The van der Waals surface area contributed by atoms with Gasteiger partial charge in [0.15, 0.2) is 11.5 Å². The minimum absolute atomic E-state index is 0.185. The van der Waals surface area contributed by atoms with Gasteiger partial charge in [-0.05, 0) is 72.2 Å². The van der Waals surface area contributed by atoms with Gasteiger partial charge < -0.3 is 20.1 Å². The molecule has 6 aliphatic rings. The summed E-state index contributed by atoms with van der Waals surface area (Å²) in [5.74, 6) is 6.28. The van der Waals surface area contributed by atoms with Crippen LogP contribution in [0, 0.1) is 0 Å². The molecule has 46 heavy (non-hydrogen) atoms. The van der Waals surface area contributed by atoms with Crippen LogP contribution in [0.15, 0.2) is 66.7 Å². The summed E-state index contributed by atoms with van der Waals surface area (Å²) in [6.07, 6.45) is 2.94. The normalized spacial score (nSPS) is 17.7. The highest BCUT2D eigenvalue weighted by Crippen LogP contribution is 2.42. The van der Waals surface area contributed by atoms with Gasteiger partial charge in [-0.3, -0.25) is 9.80 Å². The zero-order valence-corrected chi connectivity index (χ0v) is 27.8. The first-order chi connectivity index (χ1) is 22.5. The van der Waals surface area contributed by atoms with Gasteiger partial charge in [-0.2, -0.15) is 23.5 Å². The Hall–Kier alpha value is -3.30. The third-order valence-electron chi connectivity index (χ3n) is 9.42. The number of hydrogen-bond acceptors (Lipinski definition) is 8. The Morgan fingerprint density at radius 3 is 1.91 bits per heavy atom. The number of thioether (sulfide) groups is 2. The first-order valence-corrected chi connectivity index (χ1v) is 18.7. The number of rotatable bonds is 4. The molecular weight excluding hydrogens is 613 g/mol. The van der Waals surface area contributed by atoms with Crippen LogP contribution in [0.2, 0.25) is 0 Å². The van der Waals surface area contributed by atoms with Crippen molar-refractivity contribution in [1.82, 2.24) is 9.80 Å². The Labute approximate surface area is 280 Å². The zero-order chi connectivity index (χ0) is 31.5. The lowest BCUT2D eigenvalue weighted by Gasteiger charge is -2.27. The van der Waals surface area contributed by atoms with Gasteiger partial charge in [0.2, 0.25) is 0 Å². The smallest absolute Gasteiger partial charge is 0.169 e. The predicted molar refractivity (Wildman–Crippen MR) is 190 cm³/mol. The number of hydrogen-bond donors (Lipinski definition) is 3. The lowest BCUT2D eigenvalue weighted by atomic mass is 9.90. The molecule has 0 radical (unpaired) electrons. The van der Waals surface area contributed by atoms with Crippen molar-refractivity contribution in [3.63, 3.8) is 0 Å². The SMILES string of the molecule is Oc1cc2ccc1-c1c(ccc(CN3CCSCC3)c1O)CCc1ccc(cc1)Oc1cc(cc(CN3CCSCC3)c1O)CC2. The largest absolute Gasteiger partial charge is 0.507 e. The summed E-state index contributed by atoms with van der Waals surface area (Å²) in [6, 6.07) is 22.2. The molecule has 10 rings (SSSR count). The summed E-state index contributed by atoms with van der Waals surface area (Å²) in [6.45, 7) is 5.44. The Kier molecular flexibility index (Phi) is 9.68. The first kappa shape index (κ1) is 31.3. The number of aromatic hydroxyl groups is 3. The molecule has 4 aromatic rings. The van der Waals surface area contributed by atoms with Crippen LogP contribution >= 0.6 is 23.5 Å². The minimum atomic E-state index is 0.185. The van der Waals surface area contributed by atoms with Crippen molar-refractivity contribution >= 4 is 23.5 Å². The van der Waals surface area contributed by atoms with E-state index in [2.05, 4.69) is 46.2 Å². The van der Waals surface area contributed by atoms with Gasteiger partial charge >= 0.3 is 0 Å². The quantitative estimate of drug-likeness (QED) is 0.213. The summed E-state index contributed by atoms with van der Waals surface area (Å²) in [5, 5.41) is 34.5. The molecule has 0 amide bonds. The van der Waals surface area contributed by atoms with Gasteiger partial charge in [-0.25, -0.2) is 0 Å². The molecule has 240 valence electrons. The lowest BCUT2D eigenvalue weighted by molar-refractivity contribution is 0.287. The molecule has 6 bridgehead atoms. The summed E-state index contributed by atoms with van der Waals surface area (Å²) in [5.41, 5.74) is 7.46. The van der Waals surface area contributed by atoms with Crippen molar-refractivity contribution in [3.8, 4) is 39.9 Å². The van der Waals surface area contributed by atoms with Crippen molar-refractivity contribution in [3.05, 3.63) is 100 Å². The molecule has 0 atom stereocenters. The van der Waals surface area contributed by atoms with Crippen LogP contribution in [-0.2, 0) is 38.8 Å². The molecular formula is C38H42N2O4S2. The van der Waals surface area contributed by atoms with E-state index in [1.54, 1.807) is 0 Å². The van der Waals surface area contributed by atoms with Crippen molar-refractivity contribution in [1.29, 1.82) is 0 Å². The number of phenols is 3. The molecule has 4 aromatic carbocycles. The van der Waals surface area contributed by atoms with Crippen molar-refractivity contribution in [2.24, 2.45) is 0 Å². The Morgan fingerprint density at radius 1 is 0.587 bits per heavy atom. The van der Waals surface area contributed by atoms with Crippen LogP contribution in [-0.4, -0.2) is 74.3 Å². The van der Waals surface area contributed by atoms with Crippen LogP contribution in [0.3, 0.4) is 0 Å². The fraction of sp³-hybridized carbons (Fsp3) is 0.368. The fourth-order valence-corrected chi connectivity index (χ4v) is 8.70. The number of phenolic OH excluding ortho intramolecular Hbond substituents is 3. The summed E-state index contributed by atoms with van der Waals surface area (Å²) < 4.78 is 6.32. The average Bonchev–Trinajstić information content (AvgIpc) is 3.07. The van der Waals surface area contributed by atoms with Gasteiger partial charge in [0.1, 0.15) is 17.2 Å². The van der Waals surface area contributed by atoms with E-state index in [1.165, 1.54) is 0 Å². The van der Waals surface area contributed by atoms with Gasteiger partial charge in [-0.1, -0.05) is 42.5 Å². The summed E-state index contributed by atoms with van der Waals surface area (Å²) in [7, 11) is 0. The first-order valence-electron chi connectivity index (χ1n) is 16.4. The Bertz CT molecular complexity index is 1680. The second kappa shape index (κ2) is 14.2. The molecule has 0 unspecified atom stereocenters. The number of benzene rings is 4. The molecule has 6 aliphatic heterocycles. The van der Waals surface area contributed by atoms with Crippen molar-refractivity contribution in [2.75, 3.05) is 49.2 Å². The van der Waals surface area contributed by atoms with Crippen molar-refractivity contribution < 1.29 is 20.1 Å². The fourth-order valence-electron chi connectivity index (χ4n) is 6.75. The van der Waals surface area contributed by atoms with E-state index in [0.717, 1.165) is 107 Å². The molecule has 6 heterocycles. The highest BCUT2D eigenvalue weighted by Gasteiger charge is 2.22. The third-order valence-corrected chi connectivity index (χ3v) is 11.3. The molecule has 0 saturated carbocycles. The molecule has 0 aromatic heterocycles. The van der Waals surface area contributed by atoms with Crippen LogP contribution in [0.5, 0.6) is 28.7 Å². The summed E-state index contributed by atoms with van der Waals surface area (Å²) in [4.78, 5) is 4.80. The molecule has 6 nitrogen and oxygen atoms in total. The predicted octanol–water partition coefficient (Wildman–Crippen LogP) is 7.24. The zero-order valence-electron chi connectivity index (χ0n) is 26.2. The average molecular weight is 655 g/mol. The molecule has 0 spiro atoms. The minimum Gasteiger partial charge on any atom is -0.507 e. The molecule has 2 fully saturated rings. The Morgan fingerprint density at radius 2 is 1.22 bits per heavy atom. The third kappa shape index (κ3) is 7.15. The van der Waals surface area contributed by atoms with E-state index >= 15 is 0 Å². The van der Waals surface area contributed by atoms with E-state index < -0.39 is 0 Å². The van der Waals surface area contributed by atoms with Crippen LogP contribution in [0.1, 0.15) is 33.4 Å². The van der Waals surface area contributed by atoms with E-state index in [9.17, 15) is 15.3 Å². The Balaban J connectivity index is 1.25. The number of aryl methyl sites for hydroxylation is 4. The van der Waals surface area contributed by atoms with Crippen LogP contribution < -0.4 is 4.74 Å². The van der Waals surface area contributed by atoms with Crippen LogP contribution in [0.25, 0.3) is 11.1 Å². The monoisotopic (exact) mass is 654 g/mol. The second-order valence-corrected chi connectivity index (χ2v) is 15.0. The van der Waals surface area contributed by atoms with E-state index in [-0.39, 0.29) is 17.2 Å². The topological polar surface area (TPSA) is 76.4 Å². The number of ether oxygens (including phenoxy) is 1. The van der Waals surface area contributed by atoms with E-state index in [1.807, 2.05) is 53.9 Å². The van der Waals surface area contributed by atoms with E-state index in [4.69, 9.17) is 4.74 Å². The van der Waals surface area contributed by atoms with Gasteiger partial charge in [-0.15, -0.1) is 0 Å². The maximum Gasteiger partial charge on any atom is 0.169 e. The van der Waals surface area contributed by atoms with Crippen molar-refractivity contribution in [2.45, 2.75) is 38.8 Å². The van der Waals surface area contributed by atoms with Gasteiger partial charge in [0, 0.05) is 84.5 Å². The molecule has 0 aliphatic carbocycles. The number of nitrogens with zero attached hydrogens (tertiary/aromatic N) is 2. The molecule has 3 N–H and O–H groups in total. The van der Waals surface area contributed by atoms with E-state index in [0.29, 0.717) is 36.6 Å². The van der Waals surface area contributed by atoms with Gasteiger partial charge in [0.05, 0.1) is 0 Å². The molecule has 8 heteroatoms. The maximum atomic E-state index is 11.7. The van der Waals surface area contributed by atoms with Crippen LogP contribution in [0.4, 0.5) is 0 Å². The summed E-state index contributed by atoms with van der Waals surface area (Å²) >= 11 is 3.96. The highest BCUT2D eigenvalue weighted by atomic mass is 32.2. The maximum absolute atomic E-state index is 11.7. The standard InChI is InChI=1S/C38H42N2O4S2/c41-34-22-27-1-2-28-21-31(25-40-15-19-46-20-16-40)37(42)35(23-28)44-32-10-4-26(5-11-32)3-7-29-8-9-30(24-39-13-17-45-18-14-39)38(43)36(29)33(34)12-6-27/h4-6,8-12,21-23,41-43H,1-3,7,13-20,24-25H2.